The molecule has 2 aromatic rings. The van der Waals surface area contributed by atoms with Crippen molar-refractivity contribution in [2.75, 3.05) is 20.7 Å². The molecule has 154 valence electrons. The van der Waals surface area contributed by atoms with Gasteiger partial charge in [-0.3, -0.25) is 4.99 Å². The second-order valence-corrected chi connectivity index (χ2v) is 7.10. The van der Waals surface area contributed by atoms with Crippen LogP contribution in [-0.2, 0) is 30.7 Å². The zero-order chi connectivity index (χ0) is 19.1. The average Bonchev–Trinajstić information content (AvgIpc) is 3.07. The van der Waals surface area contributed by atoms with Gasteiger partial charge in [-0.1, -0.05) is 23.7 Å². The van der Waals surface area contributed by atoms with Crippen LogP contribution in [0, 0.1) is 0 Å². The second-order valence-electron chi connectivity index (χ2n) is 6.67. The van der Waals surface area contributed by atoms with Gasteiger partial charge in [-0.2, -0.15) is 5.10 Å². The summed E-state index contributed by atoms with van der Waals surface area (Å²) in [6.45, 7) is 2.11. The minimum atomic E-state index is 0. The van der Waals surface area contributed by atoms with E-state index < -0.39 is 0 Å². The summed E-state index contributed by atoms with van der Waals surface area (Å²) in [4.78, 5) is 8.85. The third-order valence-corrected chi connectivity index (χ3v) is 4.84. The van der Waals surface area contributed by atoms with Crippen LogP contribution in [0.4, 0.5) is 0 Å². The highest BCUT2D eigenvalue weighted by Crippen LogP contribution is 2.13. The monoisotopic (exact) mass is 518 g/mol. The number of hydrogen-bond donors (Lipinski definition) is 2. The van der Waals surface area contributed by atoms with Crippen LogP contribution in [0.25, 0.3) is 0 Å². The summed E-state index contributed by atoms with van der Waals surface area (Å²) < 4.78 is 7.09. The van der Waals surface area contributed by atoms with Crippen molar-refractivity contribution in [3.63, 3.8) is 0 Å². The number of aromatic nitrogens is 3. The Balaban J connectivity index is 0.00000280. The van der Waals surface area contributed by atoms with E-state index in [1.54, 1.807) is 14.2 Å². The lowest BCUT2D eigenvalue weighted by atomic mass is 10.1. The standard InChI is InChI=1S/C19H27ClN6O.HI/c1-21-19(22-11-3-4-14-5-7-15(20)8-6-14)23-16-9-10-18-24-17(13-27-2)25-26(18)12-16;/h5-8,16H,3-4,9-13H2,1-2H3,(H2,21,22,23);1H. The maximum absolute atomic E-state index is 5.92. The minimum absolute atomic E-state index is 0. The lowest BCUT2D eigenvalue weighted by molar-refractivity contribution is 0.177. The van der Waals surface area contributed by atoms with Crippen LogP contribution < -0.4 is 10.6 Å². The lowest BCUT2D eigenvalue weighted by Crippen LogP contribution is -2.47. The number of rotatable bonds is 7. The number of hydrogen-bond acceptors (Lipinski definition) is 4. The molecule has 0 fully saturated rings. The molecule has 0 spiro atoms. The number of methoxy groups -OCH3 is 1. The van der Waals surface area contributed by atoms with Gasteiger partial charge in [0.2, 0.25) is 0 Å². The van der Waals surface area contributed by atoms with Crippen molar-refractivity contribution in [2.45, 2.75) is 44.9 Å². The van der Waals surface area contributed by atoms with Gasteiger partial charge >= 0.3 is 0 Å². The Labute approximate surface area is 188 Å². The summed E-state index contributed by atoms with van der Waals surface area (Å²) in [5.41, 5.74) is 1.29. The number of aliphatic imine (C=N–C) groups is 1. The van der Waals surface area contributed by atoms with Crippen molar-refractivity contribution >= 4 is 41.5 Å². The molecule has 2 N–H and O–H groups in total. The molecule has 0 saturated carbocycles. The van der Waals surface area contributed by atoms with Crippen molar-refractivity contribution in [2.24, 2.45) is 4.99 Å². The van der Waals surface area contributed by atoms with Gasteiger partial charge in [-0.05, 0) is 37.0 Å². The molecule has 2 heterocycles. The van der Waals surface area contributed by atoms with E-state index in [4.69, 9.17) is 16.3 Å². The molecule has 0 saturated heterocycles. The summed E-state index contributed by atoms with van der Waals surface area (Å²) in [6.07, 6.45) is 3.95. The van der Waals surface area contributed by atoms with Gasteiger partial charge in [-0.25, -0.2) is 9.67 Å². The summed E-state index contributed by atoms with van der Waals surface area (Å²) in [5, 5.41) is 12.2. The normalized spacial score (nSPS) is 16.2. The van der Waals surface area contributed by atoms with E-state index in [2.05, 4.69) is 37.8 Å². The van der Waals surface area contributed by atoms with Crippen molar-refractivity contribution in [1.29, 1.82) is 0 Å². The fourth-order valence-electron chi connectivity index (χ4n) is 3.21. The number of halogens is 2. The van der Waals surface area contributed by atoms with E-state index >= 15 is 0 Å². The van der Waals surface area contributed by atoms with Crippen LogP contribution >= 0.6 is 35.6 Å². The second kappa shape index (κ2) is 11.6. The molecule has 0 aliphatic carbocycles. The zero-order valence-electron chi connectivity index (χ0n) is 16.3. The lowest BCUT2D eigenvalue weighted by Gasteiger charge is -2.25. The Morgan fingerprint density at radius 3 is 2.86 bits per heavy atom. The Hall–Kier alpha value is -1.39. The molecule has 1 aliphatic heterocycles. The van der Waals surface area contributed by atoms with Crippen LogP contribution in [0.3, 0.4) is 0 Å². The van der Waals surface area contributed by atoms with Crippen molar-refractivity contribution in [3.8, 4) is 0 Å². The Bertz CT molecular complexity index is 764. The SMILES string of the molecule is CN=C(NCCCc1ccc(Cl)cc1)NC1CCc2nc(COC)nn2C1.I. The van der Waals surface area contributed by atoms with Gasteiger partial charge in [0, 0.05) is 38.2 Å². The van der Waals surface area contributed by atoms with Crippen LogP contribution in [0.5, 0.6) is 0 Å². The first-order chi connectivity index (χ1) is 13.2. The highest BCUT2D eigenvalue weighted by atomic mass is 127. The molecule has 1 aliphatic rings. The van der Waals surface area contributed by atoms with Crippen molar-refractivity contribution in [3.05, 3.63) is 46.5 Å². The molecule has 3 rings (SSSR count). The van der Waals surface area contributed by atoms with E-state index in [0.717, 1.165) is 61.4 Å². The van der Waals surface area contributed by atoms with Gasteiger partial charge < -0.3 is 15.4 Å². The highest BCUT2D eigenvalue weighted by Gasteiger charge is 2.22. The molecule has 1 aromatic heterocycles. The molecule has 1 atom stereocenters. The van der Waals surface area contributed by atoms with Gasteiger partial charge in [0.05, 0.1) is 6.54 Å². The van der Waals surface area contributed by atoms with Crippen LogP contribution in [-0.4, -0.2) is 47.5 Å². The Kier molecular flexibility index (Phi) is 9.46. The van der Waals surface area contributed by atoms with E-state index in [-0.39, 0.29) is 30.0 Å². The summed E-state index contributed by atoms with van der Waals surface area (Å²) in [6, 6.07) is 8.31. The number of nitrogens with zero attached hydrogens (tertiary/aromatic N) is 4. The van der Waals surface area contributed by atoms with Gasteiger partial charge in [-0.15, -0.1) is 24.0 Å². The van der Waals surface area contributed by atoms with E-state index in [9.17, 15) is 0 Å². The number of guanidine groups is 1. The highest BCUT2D eigenvalue weighted by molar-refractivity contribution is 14.0. The van der Waals surface area contributed by atoms with Crippen LogP contribution in [0.1, 0.15) is 30.1 Å². The maximum atomic E-state index is 5.92. The number of fused-ring (bicyclic) bond motifs is 1. The summed E-state index contributed by atoms with van der Waals surface area (Å²) >= 11 is 5.92. The Morgan fingerprint density at radius 2 is 2.14 bits per heavy atom. The zero-order valence-corrected chi connectivity index (χ0v) is 19.4. The molecule has 7 nitrogen and oxygen atoms in total. The Morgan fingerprint density at radius 1 is 1.36 bits per heavy atom. The first-order valence-corrected chi connectivity index (χ1v) is 9.69. The molecular weight excluding hydrogens is 491 g/mol. The quantitative estimate of drug-likeness (QED) is 0.255. The predicted octanol–water partition coefficient (Wildman–Crippen LogP) is 2.81. The third kappa shape index (κ3) is 6.59. The number of aryl methyl sites for hydroxylation is 2. The number of ether oxygens (including phenoxy) is 1. The summed E-state index contributed by atoms with van der Waals surface area (Å²) in [5.74, 6) is 2.61. The first-order valence-electron chi connectivity index (χ1n) is 9.31. The average molecular weight is 519 g/mol. The maximum Gasteiger partial charge on any atom is 0.191 e. The number of benzene rings is 1. The van der Waals surface area contributed by atoms with E-state index in [1.807, 2.05) is 16.8 Å². The van der Waals surface area contributed by atoms with E-state index in [1.165, 1.54) is 5.56 Å². The molecule has 1 aromatic carbocycles. The van der Waals surface area contributed by atoms with Crippen molar-refractivity contribution in [1.82, 2.24) is 25.4 Å². The topological polar surface area (TPSA) is 76.4 Å². The van der Waals surface area contributed by atoms with Gasteiger partial charge in [0.1, 0.15) is 12.4 Å². The smallest absolute Gasteiger partial charge is 0.191 e. The molecule has 9 heteroatoms. The van der Waals surface area contributed by atoms with Gasteiger partial charge in [0.15, 0.2) is 11.8 Å². The van der Waals surface area contributed by atoms with Gasteiger partial charge in [0.25, 0.3) is 0 Å². The molecule has 0 radical (unpaired) electrons. The fourth-order valence-corrected chi connectivity index (χ4v) is 3.33. The predicted molar refractivity (Wildman–Crippen MR) is 123 cm³/mol. The molecule has 28 heavy (non-hydrogen) atoms. The molecule has 0 bridgehead atoms. The van der Waals surface area contributed by atoms with Crippen LogP contribution in [0.2, 0.25) is 5.02 Å². The first kappa shape index (κ1) is 22.9. The fraction of sp³-hybridized carbons (Fsp3) is 0.526. The summed E-state index contributed by atoms with van der Waals surface area (Å²) in [7, 11) is 3.46. The minimum Gasteiger partial charge on any atom is -0.377 e. The third-order valence-electron chi connectivity index (χ3n) is 4.59. The number of nitrogens with one attached hydrogen (secondary N) is 2. The van der Waals surface area contributed by atoms with Crippen molar-refractivity contribution < 1.29 is 4.74 Å². The van der Waals surface area contributed by atoms with E-state index in [0.29, 0.717) is 6.61 Å². The molecular formula is C19H28ClIN6O. The molecule has 1 unspecified atom stereocenters. The largest absolute Gasteiger partial charge is 0.377 e. The molecule has 0 amide bonds. The van der Waals surface area contributed by atoms with Crippen LogP contribution in [0.15, 0.2) is 29.3 Å².